The minimum absolute atomic E-state index is 0.0407. The second kappa shape index (κ2) is 4.80. The summed E-state index contributed by atoms with van der Waals surface area (Å²) in [6.07, 6.45) is 2.76. The van der Waals surface area contributed by atoms with Crippen molar-refractivity contribution >= 4 is 28.2 Å². The van der Waals surface area contributed by atoms with E-state index in [-0.39, 0.29) is 17.1 Å². The molecule has 1 aliphatic carbocycles. The van der Waals surface area contributed by atoms with Crippen molar-refractivity contribution in [3.05, 3.63) is 10.6 Å². The summed E-state index contributed by atoms with van der Waals surface area (Å²) >= 11 is 1.31. The first kappa shape index (κ1) is 13.2. The van der Waals surface area contributed by atoms with Crippen LogP contribution in [0.2, 0.25) is 0 Å². The van der Waals surface area contributed by atoms with E-state index in [1.165, 1.54) is 11.3 Å². The zero-order valence-electron chi connectivity index (χ0n) is 11.0. The maximum atomic E-state index is 11.8. The number of carbonyl (C=O) groups excluding carboxylic acids is 2. The number of aryl methyl sites for hydroxylation is 1. The smallest absolute Gasteiger partial charge is 0.226 e. The van der Waals surface area contributed by atoms with Crippen LogP contribution >= 0.6 is 11.3 Å². The molecular weight excluding hydrogens is 248 g/mol. The van der Waals surface area contributed by atoms with Crippen LogP contribution in [0.1, 0.15) is 55.4 Å². The largest absolute Gasteiger partial charge is 0.302 e. The summed E-state index contributed by atoms with van der Waals surface area (Å²) in [6.45, 7) is 6.05. The van der Waals surface area contributed by atoms with Crippen LogP contribution in [0.5, 0.6) is 0 Å². The lowest BCUT2D eigenvalue weighted by atomic mass is 9.92. The molecule has 0 bridgehead atoms. The molecule has 0 atom stereocenters. The summed E-state index contributed by atoms with van der Waals surface area (Å²) in [4.78, 5) is 28.5. The molecule has 2 rings (SSSR count). The second-order valence-corrected chi connectivity index (χ2v) is 6.86. The molecule has 4 nitrogen and oxygen atoms in total. The molecule has 0 saturated heterocycles. The second-order valence-electron chi connectivity index (χ2n) is 5.86. The Hall–Kier alpha value is -1.23. The predicted octanol–water partition coefficient (Wildman–Crippen LogP) is 3.04. The molecule has 98 valence electrons. The molecular formula is C13H18N2O2S. The van der Waals surface area contributed by atoms with E-state index in [1.807, 2.05) is 20.8 Å². The maximum absolute atomic E-state index is 11.8. The monoisotopic (exact) mass is 266 g/mol. The van der Waals surface area contributed by atoms with Gasteiger partial charge in [0.15, 0.2) is 10.9 Å². The Morgan fingerprint density at radius 1 is 1.39 bits per heavy atom. The van der Waals surface area contributed by atoms with E-state index in [1.54, 1.807) is 0 Å². The number of hydrogen-bond acceptors (Lipinski definition) is 4. The van der Waals surface area contributed by atoms with Gasteiger partial charge in [0.1, 0.15) is 0 Å². The van der Waals surface area contributed by atoms with Gasteiger partial charge in [0.05, 0.1) is 10.6 Å². The fourth-order valence-corrected chi connectivity index (χ4v) is 2.96. The molecule has 18 heavy (non-hydrogen) atoms. The topological polar surface area (TPSA) is 59.1 Å². The van der Waals surface area contributed by atoms with Gasteiger partial charge in [-0.2, -0.15) is 0 Å². The lowest BCUT2D eigenvalue weighted by Crippen LogP contribution is -2.19. The van der Waals surface area contributed by atoms with Crippen molar-refractivity contribution in [3.63, 3.8) is 0 Å². The number of anilines is 1. The number of ketones is 1. The van der Waals surface area contributed by atoms with E-state index in [0.29, 0.717) is 18.0 Å². The van der Waals surface area contributed by atoms with E-state index >= 15 is 0 Å². The Morgan fingerprint density at radius 3 is 2.72 bits per heavy atom. The third kappa shape index (κ3) is 3.16. The van der Waals surface area contributed by atoms with Crippen molar-refractivity contribution in [2.24, 2.45) is 5.41 Å². The van der Waals surface area contributed by atoms with Gasteiger partial charge in [0.25, 0.3) is 0 Å². The van der Waals surface area contributed by atoms with Crippen molar-refractivity contribution in [2.45, 2.75) is 46.5 Å². The summed E-state index contributed by atoms with van der Waals surface area (Å²) in [5.41, 5.74) is 0.804. The molecule has 0 unspecified atom stereocenters. The van der Waals surface area contributed by atoms with Gasteiger partial charge in [-0.05, 0) is 18.3 Å². The first-order chi connectivity index (χ1) is 8.35. The van der Waals surface area contributed by atoms with Crippen LogP contribution in [0.15, 0.2) is 0 Å². The highest BCUT2D eigenvalue weighted by Gasteiger charge is 2.23. The van der Waals surface area contributed by atoms with Crippen molar-refractivity contribution in [2.75, 3.05) is 5.32 Å². The zero-order chi connectivity index (χ0) is 13.3. The quantitative estimate of drug-likeness (QED) is 0.895. The highest BCUT2D eigenvalue weighted by Crippen LogP contribution is 2.30. The Morgan fingerprint density at radius 2 is 2.11 bits per heavy atom. The summed E-state index contributed by atoms with van der Waals surface area (Å²) in [5, 5.41) is 3.35. The van der Waals surface area contributed by atoms with Crippen LogP contribution in [-0.2, 0) is 11.2 Å². The number of hydrogen-bond donors (Lipinski definition) is 1. The summed E-state index contributed by atoms with van der Waals surface area (Å²) in [7, 11) is 0. The molecule has 0 radical (unpaired) electrons. The van der Waals surface area contributed by atoms with Gasteiger partial charge >= 0.3 is 0 Å². The molecule has 0 aliphatic heterocycles. The molecule has 1 aromatic rings. The summed E-state index contributed by atoms with van der Waals surface area (Å²) < 4.78 is 0. The summed E-state index contributed by atoms with van der Waals surface area (Å²) in [5.74, 6) is 0.117. The molecule has 5 heteroatoms. The van der Waals surface area contributed by atoms with Gasteiger partial charge in [-0.1, -0.05) is 32.1 Å². The van der Waals surface area contributed by atoms with Gasteiger partial charge in [-0.3, -0.25) is 9.59 Å². The number of aromatic nitrogens is 1. The van der Waals surface area contributed by atoms with Crippen LogP contribution in [0.25, 0.3) is 0 Å². The Bertz CT molecular complexity index is 486. The maximum Gasteiger partial charge on any atom is 0.226 e. The Labute approximate surface area is 111 Å². The third-order valence-electron chi connectivity index (χ3n) is 2.71. The number of nitrogens with zero attached hydrogens (tertiary/aromatic N) is 1. The number of nitrogens with one attached hydrogen (secondary N) is 1. The van der Waals surface area contributed by atoms with E-state index in [2.05, 4.69) is 10.3 Å². The number of carbonyl (C=O) groups is 2. The molecule has 1 N–H and O–H groups in total. The Kier molecular flexibility index (Phi) is 3.52. The van der Waals surface area contributed by atoms with Crippen molar-refractivity contribution in [3.8, 4) is 0 Å². The zero-order valence-corrected chi connectivity index (χ0v) is 11.8. The highest BCUT2D eigenvalue weighted by atomic mass is 32.1. The minimum atomic E-state index is -0.0449. The highest BCUT2D eigenvalue weighted by molar-refractivity contribution is 7.17. The molecule has 1 amide bonds. The molecule has 0 aromatic carbocycles. The lowest BCUT2D eigenvalue weighted by molar-refractivity contribution is -0.117. The fraction of sp³-hybridized carbons (Fsp3) is 0.615. The van der Waals surface area contributed by atoms with E-state index in [4.69, 9.17) is 0 Å². The molecule has 1 aromatic heterocycles. The lowest BCUT2D eigenvalue weighted by Gasteiger charge is -2.16. The van der Waals surface area contributed by atoms with Crippen LogP contribution in [0, 0.1) is 5.41 Å². The molecule has 1 heterocycles. The average Bonchev–Trinajstić information content (AvgIpc) is 2.58. The van der Waals surface area contributed by atoms with Gasteiger partial charge in [0, 0.05) is 12.8 Å². The van der Waals surface area contributed by atoms with E-state index in [0.717, 1.165) is 23.4 Å². The number of amides is 1. The van der Waals surface area contributed by atoms with Crippen molar-refractivity contribution < 1.29 is 9.59 Å². The van der Waals surface area contributed by atoms with E-state index in [9.17, 15) is 9.59 Å². The average molecular weight is 266 g/mol. The minimum Gasteiger partial charge on any atom is -0.302 e. The molecule has 0 fully saturated rings. The predicted molar refractivity (Wildman–Crippen MR) is 72.1 cm³/mol. The number of thiazole rings is 1. The van der Waals surface area contributed by atoms with E-state index < -0.39 is 0 Å². The van der Waals surface area contributed by atoms with Gasteiger partial charge < -0.3 is 5.32 Å². The standard InChI is InChI=1S/C13H18N2O2S/c1-13(2,3)7-10(17)15-12-14-8-5-4-6-9(16)11(8)18-12/h4-7H2,1-3H3,(H,14,15,17). The van der Waals surface area contributed by atoms with Crippen LogP contribution in [-0.4, -0.2) is 16.7 Å². The number of fused-ring (bicyclic) bond motifs is 1. The van der Waals surface area contributed by atoms with Gasteiger partial charge in [0.2, 0.25) is 5.91 Å². The molecule has 0 spiro atoms. The molecule has 0 saturated carbocycles. The SMILES string of the molecule is CC(C)(C)CC(=O)Nc1nc2c(s1)C(=O)CCC2. The molecule has 1 aliphatic rings. The van der Waals surface area contributed by atoms with Crippen LogP contribution in [0.3, 0.4) is 0 Å². The van der Waals surface area contributed by atoms with Crippen LogP contribution < -0.4 is 5.32 Å². The first-order valence-corrected chi connectivity index (χ1v) is 6.99. The number of rotatable bonds is 2. The van der Waals surface area contributed by atoms with Gasteiger partial charge in [-0.25, -0.2) is 4.98 Å². The fourth-order valence-electron chi connectivity index (χ4n) is 1.97. The van der Waals surface area contributed by atoms with Gasteiger partial charge in [-0.15, -0.1) is 0 Å². The Balaban J connectivity index is 2.07. The summed E-state index contributed by atoms with van der Waals surface area (Å²) in [6, 6.07) is 0. The normalized spacial score (nSPS) is 15.4. The first-order valence-electron chi connectivity index (χ1n) is 6.18. The van der Waals surface area contributed by atoms with Crippen LogP contribution in [0.4, 0.5) is 5.13 Å². The third-order valence-corrected chi connectivity index (χ3v) is 3.76. The van der Waals surface area contributed by atoms with Crippen molar-refractivity contribution in [1.82, 2.24) is 4.98 Å². The van der Waals surface area contributed by atoms with Crippen molar-refractivity contribution in [1.29, 1.82) is 0 Å². The number of Topliss-reactive ketones (excluding diaryl/α,β-unsaturated/α-hetero) is 1.